The van der Waals surface area contributed by atoms with Gasteiger partial charge in [0.25, 0.3) is 5.60 Å². The zero-order chi connectivity index (χ0) is 28.2. The van der Waals surface area contributed by atoms with Gasteiger partial charge in [-0.15, -0.1) is 0 Å². The van der Waals surface area contributed by atoms with Crippen LogP contribution in [0, 0.1) is 0 Å². The van der Waals surface area contributed by atoms with Crippen LogP contribution in [0.1, 0.15) is 23.7 Å². The fourth-order valence-corrected chi connectivity index (χ4v) is 4.44. The number of rotatable bonds is 9. The van der Waals surface area contributed by atoms with Crippen molar-refractivity contribution < 1.29 is 44.3 Å². The highest BCUT2D eigenvalue weighted by Gasteiger charge is 2.73. The van der Waals surface area contributed by atoms with E-state index in [1.54, 1.807) is 0 Å². The minimum atomic E-state index is -5.87. The van der Waals surface area contributed by atoms with Gasteiger partial charge in [-0.2, -0.15) is 26.3 Å². The summed E-state index contributed by atoms with van der Waals surface area (Å²) in [6.45, 7) is 0.429. The molecule has 1 amide bonds. The Hall–Kier alpha value is -3.45. The molecule has 0 bridgehead atoms. The van der Waals surface area contributed by atoms with E-state index < -0.39 is 45.9 Å². The van der Waals surface area contributed by atoms with Crippen LogP contribution in [-0.4, -0.2) is 37.4 Å². The Labute approximate surface area is 214 Å². The lowest BCUT2D eigenvalue weighted by Crippen LogP contribution is -2.55. The molecular weight excluding hydrogens is 538 g/mol. The third-order valence-corrected chi connectivity index (χ3v) is 7.31. The summed E-state index contributed by atoms with van der Waals surface area (Å²) in [4.78, 5) is 16.1. The van der Waals surface area contributed by atoms with Gasteiger partial charge in [0.1, 0.15) is 0 Å². The number of halogens is 6. The van der Waals surface area contributed by atoms with E-state index in [1.165, 1.54) is 55.6 Å². The van der Waals surface area contributed by atoms with E-state index >= 15 is 0 Å². The zero-order valence-corrected chi connectivity index (χ0v) is 20.6. The van der Waals surface area contributed by atoms with Gasteiger partial charge in [0, 0.05) is 17.4 Å². The van der Waals surface area contributed by atoms with E-state index in [-0.39, 0.29) is 28.5 Å². The van der Waals surface area contributed by atoms with Crippen LogP contribution in [0.2, 0.25) is 0 Å². The maximum absolute atomic E-state index is 14.0. The second kappa shape index (κ2) is 11.1. The van der Waals surface area contributed by atoms with Gasteiger partial charge in [0.15, 0.2) is 9.84 Å². The number of nitrogens with zero attached hydrogens (tertiary/aromatic N) is 1. The van der Waals surface area contributed by atoms with Gasteiger partial charge in [-0.3, -0.25) is 9.78 Å². The summed E-state index contributed by atoms with van der Waals surface area (Å²) in [7, 11) is -3.42. The number of ether oxygens (including phenoxy) is 1. The normalized spacial score (nSPS) is 12.8. The van der Waals surface area contributed by atoms with Crippen molar-refractivity contribution in [2.45, 2.75) is 42.8 Å². The number of hydrogen-bond donors (Lipinski definition) is 1. The molecule has 1 heterocycles. The Kier molecular flexibility index (Phi) is 8.52. The van der Waals surface area contributed by atoms with Crippen molar-refractivity contribution in [1.82, 2.24) is 4.98 Å². The van der Waals surface area contributed by atoms with Gasteiger partial charge in [-0.05, 0) is 42.0 Å². The summed E-state index contributed by atoms with van der Waals surface area (Å²) in [5.74, 6) is -0.714. The Bertz CT molecular complexity index is 1330. The van der Waals surface area contributed by atoms with Gasteiger partial charge >= 0.3 is 12.4 Å². The molecule has 0 aliphatic carbocycles. The first-order chi connectivity index (χ1) is 17.7. The summed E-state index contributed by atoms with van der Waals surface area (Å²) < 4.78 is 112. The number of carbonyl (C=O) groups excluding carboxylic acids is 1. The lowest BCUT2D eigenvalue weighted by molar-refractivity contribution is -0.392. The molecule has 0 saturated carbocycles. The number of alkyl halides is 6. The highest BCUT2D eigenvalue weighted by atomic mass is 32.2. The molecule has 0 unspecified atom stereocenters. The number of aromatic nitrogens is 1. The van der Waals surface area contributed by atoms with Gasteiger partial charge in [-0.1, -0.05) is 37.3 Å². The number of benzene rings is 2. The molecule has 3 rings (SSSR count). The molecule has 0 atom stereocenters. The molecule has 204 valence electrons. The largest absolute Gasteiger partial charge is 0.430 e. The molecule has 0 fully saturated rings. The first-order valence-corrected chi connectivity index (χ1v) is 12.7. The number of anilines is 1. The van der Waals surface area contributed by atoms with Crippen LogP contribution in [0.3, 0.4) is 0 Å². The van der Waals surface area contributed by atoms with Crippen molar-refractivity contribution in [1.29, 1.82) is 0 Å². The van der Waals surface area contributed by atoms with Crippen molar-refractivity contribution in [3.8, 4) is 0 Å². The summed E-state index contributed by atoms with van der Waals surface area (Å²) >= 11 is 0. The summed E-state index contributed by atoms with van der Waals surface area (Å²) in [5.41, 5.74) is -5.59. The number of carbonyl (C=O) groups is 1. The Balaban J connectivity index is 1.80. The van der Waals surface area contributed by atoms with Crippen molar-refractivity contribution in [2.24, 2.45) is 0 Å². The minimum absolute atomic E-state index is 0.0492. The molecule has 0 radical (unpaired) electrons. The third-order valence-electron chi connectivity index (χ3n) is 5.56. The van der Waals surface area contributed by atoms with Gasteiger partial charge in [0.05, 0.1) is 29.4 Å². The maximum Gasteiger partial charge on any atom is 0.430 e. The molecule has 1 N–H and O–H groups in total. The molecule has 0 aliphatic rings. The number of nitrogens with one attached hydrogen (secondary N) is 1. The Morgan fingerprint density at radius 1 is 0.895 bits per heavy atom. The average molecular weight is 561 g/mol. The van der Waals surface area contributed by atoms with E-state index in [1.807, 2.05) is 0 Å². The van der Waals surface area contributed by atoms with Crippen molar-refractivity contribution in [3.63, 3.8) is 0 Å². The lowest BCUT2D eigenvalue weighted by atomic mass is 9.91. The van der Waals surface area contributed by atoms with E-state index in [2.05, 4.69) is 15.0 Å². The van der Waals surface area contributed by atoms with Crippen LogP contribution in [0.5, 0.6) is 0 Å². The van der Waals surface area contributed by atoms with E-state index in [0.717, 1.165) is 12.1 Å². The second-order valence-electron chi connectivity index (χ2n) is 8.14. The first kappa shape index (κ1) is 29.1. The molecule has 0 aliphatic heterocycles. The van der Waals surface area contributed by atoms with Crippen molar-refractivity contribution >= 4 is 21.4 Å². The van der Waals surface area contributed by atoms with Gasteiger partial charge in [-0.25, -0.2) is 8.42 Å². The highest BCUT2D eigenvalue weighted by molar-refractivity contribution is 7.91. The van der Waals surface area contributed by atoms with Crippen LogP contribution < -0.4 is 5.32 Å². The molecule has 1 aromatic heterocycles. The predicted octanol–water partition coefficient (Wildman–Crippen LogP) is 5.59. The molecule has 38 heavy (non-hydrogen) atoms. The molecule has 2 aromatic carbocycles. The third kappa shape index (κ3) is 6.33. The number of pyridine rings is 1. The molecule has 13 heteroatoms. The van der Waals surface area contributed by atoms with Crippen LogP contribution in [0.4, 0.5) is 32.0 Å². The van der Waals surface area contributed by atoms with E-state index in [0.29, 0.717) is 17.7 Å². The number of sulfone groups is 1. The van der Waals surface area contributed by atoms with Crippen LogP contribution in [0.15, 0.2) is 77.8 Å². The van der Waals surface area contributed by atoms with Crippen LogP contribution in [0.25, 0.3) is 0 Å². The Morgan fingerprint density at radius 2 is 1.50 bits per heavy atom. The summed E-state index contributed by atoms with van der Waals surface area (Å²) in [6, 6.07) is 12.6. The number of hydrogen-bond acceptors (Lipinski definition) is 5. The van der Waals surface area contributed by atoms with Crippen molar-refractivity contribution in [2.75, 3.05) is 11.1 Å². The topological polar surface area (TPSA) is 85.4 Å². The molecule has 0 saturated heterocycles. The molecule has 6 nitrogen and oxygen atoms in total. The predicted molar refractivity (Wildman–Crippen MR) is 126 cm³/mol. The quantitative estimate of drug-likeness (QED) is 0.345. The van der Waals surface area contributed by atoms with E-state index in [4.69, 9.17) is 0 Å². The van der Waals surface area contributed by atoms with Crippen LogP contribution in [-0.2, 0) is 38.0 Å². The maximum atomic E-state index is 14.0. The summed E-state index contributed by atoms with van der Waals surface area (Å²) in [6.07, 6.45) is -10.7. The van der Waals surface area contributed by atoms with Crippen molar-refractivity contribution in [3.05, 3.63) is 89.7 Å². The average Bonchev–Trinajstić information content (AvgIpc) is 2.84. The van der Waals surface area contributed by atoms with Crippen LogP contribution >= 0.6 is 0 Å². The number of amides is 1. The second-order valence-corrected chi connectivity index (χ2v) is 10.4. The van der Waals surface area contributed by atoms with E-state index in [9.17, 15) is 39.6 Å². The van der Waals surface area contributed by atoms with Gasteiger partial charge in [0.2, 0.25) is 5.91 Å². The summed E-state index contributed by atoms with van der Waals surface area (Å²) in [5, 5.41) is 2.39. The molecular formula is C25H22F6N2O4S. The Morgan fingerprint density at radius 3 is 2.00 bits per heavy atom. The lowest BCUT2D eigenvalue weighted by Gasteiger charge is -2.37. The smallest absolute Gasteiger partial charge is 0.347 e. The fraction of sp³-hybridized carbons (Fsp3) is 0.280. The van der Waals surface area contributed by atoms with Gasteiger partial charge < -0.3 is 10.1 Å². The minimum Gasteiger partial charge on any atom is -0.347 e. The first-order valence-electron chi connectivity index (χ1n) is 11.1. The zero-order valence-electron chi connectivity index (χ0n) is 19.8. The standard InChI is InChI=1S/C25H22F6N2O4S/c1-2-38(35,36)21-12-6-17(7-13-21)15-22(34)33-19-10-8-18(9-11-19)23(24(26,27)28,25(29,30)31)37-16-20-5-3-4-14-32-20/h3-14H,2,15-16H2,1H3,(H,33,34). The molecule has 3 aromatic rings. The molecule has 0 spiro atoms. The highest BCUT2D eigenvalue weighted by Crippen LogP contribution is 2.53. The monoisotopic (exact) mass is 560 g/mol. The SMILES string of the molecule is CCS(=O)(=O)c1ccc(CC(=O)Nc2ccc(C(OCc3ccccn3)(C(F)(F)F)C(F)(F)F)cc2)cc1. The fourth-order valence-electron chi connectivity index (χ4n) is 3.56.